The average molecular weight is 235 g/mol. The van der Waals surface area contributed by atoms with Gasteiger partial charge in [-0.25, -0.2) is 0 Å². The Morgan fingerprint density at radius 1 is 1.41 bits per heavy atom. The second-order valence-corrected chi connectivity index (χ2v) is 5.02. The summed E-state index contributed by atoms with van der Waals surface area (Å²) >= 11 is 0. The van der Waals surface area contributed by atoms with E-state index in [2.05, 4.69) is 11.4 Å². The van der Waals surface area contributed by atoms with Crippen molar-refractivity contribution in [2.24, 2.45) is 5.41 Å². The van der Waals surface area contributed by atoms with Crippen molar-refractivity contribution < 1.29 is 9.84 Å². The van der Waals surface area contributed by atoms with E-state index in [0.717, 1.165) is 26.1 Å². The van der Waals surface area contributed by atoms with E-state index < -0.39 is 0 Å². The van der Waals surface area contributed by atoms with Gasteiger partial charge in [0.2, 0.25) is 0 Å². The highest BCUT2D eigenvalue weighted by atomic mass is 16.5. The molecule has 94 valence electrons. The van der Waals surface area contributed by atoms with Crippen LogP contribution in [0.4, 0.5) is 0 Å². The van der Waals surface area contributed by atoms with Gasteiger partial charge in [-0.15, -0.1) is 0 Å². The first-order valence-corrected chi connectivity index (χ1v) is 6.22. The van der Waals surface area contributed by atoms with E-state index in [0.29, 0.717) is 11.2 Å². The fourth-order valence-corrected chi connectivity index (χ4v) is 2.22. The van der Waals surface area contributed by atoms with E-state index in [9.17, 15) is 5.11 Å². The number of hydrogen-bond acceptors (Lipinski definition) is 3. The van der Waals surface area contributed by atoms with Gasteiger partial charge in [-0.3, -0.25) is 0 Å². The summed E-state index contributed by atoms with van der Waals surface area (Å²) < 4.78 is 5.02. The Morgan fingerprint density at radius 3 is 2.88 bits per heavy atom. The molecule has 0 amide bonds. The van der Waals surface area contributed by atoms with Crippen LogP contribution in [0.2, 0.25) is 0 Å². The zero-order chi connectivity index (χ0) is 12.1. The predicted octanol–water partition coefficient (Wildman–Crippen LogP) is 1.95. The SMILES string of the molecule is COCCNCC1(Cc2cccc(O)c2)CC1. The minimum absolute atomic E-state index is 0.366. The third-order valence-corrected chi connectivity index (χ3v) is 3.43. The molecule has 0 unspecified atom stereocenters. The quantitative estimate of drug-likeness (QED) is 0.710. The first-order chi connectivity index (χ1) is 8.24. The highest BCUT2D eigenvalue weighted by Gasteiger charge is 2.41. The molecular weight excluding hydrogens is 214 g/mol. The Hall–Kier alpha value is -1.06. The molecule has 1 aliphatic rings. The predicted molar refractivity (Wildman–Crippen MR) is 68.2 cm³/mol. The first kappa shape index (κ1) is 12.4. The van der Waals surface area contributed by atoms with Crippen LogP contribution in [-0.4, -0.2) is 31.9 Å². The summed E-state index contributed by atoms with van der Waals surface area (Å²) in [6.45, 7) is 2.73. The number of rotatable bonds is 7. The number of methoxy groups -OCH3 is 1. The van der Waals surface area contributed by atoms with Gasteiger partial charge in [-0.2, -0.15) is 0 Å². The lowest BCUT2D eigenvalue weighted by atomic mass is 9.96. The van der Waals surface area contributed by atoms with Gasteiger partial charge in [0, 0.05) is 20.2 Å². The highest BCUT2D eigenvalue weighted by Crippen LogP contribution is 2.47. The lowest BCUT2D eigenvalue weighted by molar-refractivity contribution is 0.197. The summed E-state index contributed by atoms with van der Waals surface area (Å²) in [7, 11) is 1.72. The standard InChI is InChI=1S/C14H21NO2/c1-17-8-7-15-11-14(5-6-14)10-12-3-2-4-13(16)9-12/h2-4,9,15-16H,5-8,10-11H2,1H3. The lowest BCUT2D eigenvalue weighted by Gasteiger charge is -2.16. The van der Waals surface area contributed by atoms with Crippen LogP contribution in [0.1, 0.15) is 18.4 Å². The van der Waals surface area contributed by atoms with Gasteiger partial charge >= 0.3 is 0 Å². The summed E-state index contributed by atoms with van der Waals surface area (Å²) in [5.74, 6) is 0.366. The molecular formula is C14H21NO2. The molecule has 0 spiro atoms. The van der Waals surface area contributed by atoms with E-state index in [-0.39, 0.29) is 0 Å². The largest absolute Gasteiger partial charge is 0.508 e. The van der Waals surface area contributed by atoms with Crippen LogP contribution < -0.4 is 5.32 Å². The molecule has 1 saturated carbocycles. The molecule has 0 atom stereocenters. The minimum Gasteiger partial charge on any atom is -0.508 e. The van der Waals surface area contributed by atoms with Crippen LogP contribution in [0.3, 0.4) is 0 Å². The van der Waals surface area contributed by atoms with E-state index in [1.54, 1.807) is 13.2 Å². The Kier molecular flexibility index (Phi) is 4.02. The van der Waals surface area contributed by atoms with E-state index >= 15 is 0 Å². The molecule has 0 aromatic heterocycles. The first-order valence-electron chi connectivity index (χ1n) is 6.22. The Morgan fingerprint density at radius 2 is 2.24 bits per heavy atom. The maximum absolute atomic E-state index is 9.44. The molecule has 0 saturated heterocycles. The smallest absolute Gasteiger partial charge is 0.115 e. The maximum Gasteiger partial charge on any atom is 0.115 e. The molecule has 0 aliphatic heterocycles. The molecule has 1 aromatic carbocycles. The van der Waals surface area contributed by atoms with Gasteiger partial charge in [0.15, 0.2) is 0 Å². The van der Waals surface area contributed by atoms with Gasteiger partial charge < -0.3 is 15.2 Å². The molecule has 17 heavy (non-hydrogen) atoms. The molecule has 0 bridgehead atoms. The van der Waals surface area contributed by atoms with Gasteiger partial charge in [0.1, 0.15) is 5.75 Å². The van der Waals surface area contributed by atoms with Crippen LogP contribution >= 0.6 is 0 Å². The van der Waals surface area contributed by atoms with Crippen molar-refractivity contribution in [3.8, 4) is 5.75 Å². The lowest BCUT2D eigenvalue weighted by Crippen LogP contribution is -2.28. The summed E-state index contributed by atoms with van der Waals surface area (Å²) in [5, 5.41) is 12.9. The Bertz CT molecular complexity index is 361. The number of phenolic OH excluding ortho intramolecular Hbond substituents is 1. The number of benzene rings is 1. The second-order valence-electron chi connectivity index (χ2n) is 5.02. The topological polar surface area (TPSA) is 41.5 Å². The fourth-order valence-electron chi connectivity index (χ4n) is 2.22. The zero-order valence-corrected chi connectivity index (χ0v) is 10.4. The summed E-state index contributed by atoms with van der Waals surface area (Å²) in [5.41, 5.74) is 1.65. The molecule has 0 heterocycles. The molecule has 2 N–H and O–H groups in total. The van der Waals surface area contributed by atoms with Gasteiger partial charge in [-0.1, -0.05) is 12.1 Å². The normalized spacial score (nSPS) is 17.0. The monoisotopic (exact) mass is 235 g/mol. The number of nitrogens with one attached hydrogen (secondary N) is 1. The van der Waals surface area contributed by atoms with Crippen molar-refractivity contribution >= 4 is 0 Å². The van der Waals surface area contributed by atoms with Crippen molar-refractivity contribution in [1.29, 1.82) is 0 Å². The number of phenols is 1. The fraction of sp³-hybridized carbons (Fsp3) is 0.571. The zero-order valence-electron chi connectivity index (χ0n) is 10.4. The highest BCUT2D eigenvalue weighted by molar-refractivity contribution is 5.28. The Labute approximate surface area is 103 Å². The van der Waals surface area contributed by atoms with Gasteiger partial charge in [0.25, 0.3) is 0 Å². The van der Waals surface area contributed by atoms with Crippen LogP contribution in [0, 0.1) is 5.41 Å². The third kappa shape index (κ3) is 3.72. The summed E-state index contributed by atoms with van der Waals surface area (Å²) in [4.78, 5) is 0. The number of ether oxygens (including phenoxy) is 1. The minimum atomic E-state index is 0.366. The van der Waals surface area contributed by atoms with Crippen LogP contribution in [0.15, 0.2) is 24.3 Å². The maximum atomic E-state index is 9.44. The van der Waals surface area contributed by atoms with E-state index in [1.165, 1.54) is 18.4 Å². The average Bonchev–Trinajstić information content (AvgIpc) is 3.05. The summed E-state index contributed by atoms with van der Waals surface area (Å²) in [6, 6.07) is 7.60. The van der Waals surface area contributed by atoms with Crippen molar-refractivity contribution in [3.63, 3.8) is 0 Å². The molecule has 1 aromatic rings. The van der Waals surface area contributed by atoms with E-state index in [1.807, 2.05) is 12.1 Å². The van der Waals surface area contributed by atoms with Crippen LogP contribution in [0.5, 0.6) is 5.75 Å². The van der Waals surface area contributed by atoms with Crippen LogP contribution in [-0.2, 0) is 11.2 Å². The third-order valence-electron chi connectivity index (χ3n) is 3.43. The molecule has 1 aliphatic carbocycles. The Balaban J connectivity index is 1.81. The molecule has 3 heteroatoms. The van der Waals surface area contributed by atoms with Crippen molar-refractivity contribution in [1.82, 2.24) is 5.32 Å². The van der Waals surface area contributed by atoms with Crippen LogP contribution in [0.25, 0.3) is 0 Å². The van der Waals surface area contributed by atoms with Crippen molar-refractivity contribution in [2.45, 2.75) is 19.3 Å². The van der Waals surface area contributed by atoms with E-state index in [4.69, 9.17) is 4.74 Å². The molecule has 2 rings (SSSR count). The molecule has 3 nitrogen and oxygen atoms in total. The number of aromatic hydroxyl groups is 1. The molecule has 0 radical (unpaired) electrons. The van der Waals surface area contributed by atoms with Gasteiger partial charge in [0.05, 0.1) is 6.61 Å². The summed E-state index contributed by atoms with van der Waals surface area (Å²) in [6.07, 6.45) is 3.62. The number of hydrogen-bond donors (Lipinski definition) is 2. The second kappa shape index (κ2) is 5.52. The van der Waals surface area contributed by atoms with Crippen molar-refractivity contribution in [3.05, 3.63) is 29.8 Å². The van der Waals surface area contributed by atoms with Crippen molar-refractivity contribution in [2.75, 3.05) is 26.8 Å². The molecule has 1 fully saturated rings. The van der Waals surface area contributed by atoms with Gasteiger partial charge in [-0.05, 0) is 42.4 Å².